The Balaban J connectivity index is 1.61. The monoisotopic (exact) mass is 455 g/mol. The smallest absolute Gasteiger partial charge is 0.338 e. The molecule has 0 radical (unpaired) electrons. The van der Waals surface area contributed by atoms with Gasteiger partial charge in [0.05, 0.1) is 5.56 Å². The second kappa shape index (κ2) is 8.78. The third-order valence-corrected chi connectivity index (χ3v) is 6.89. The van der Waals surface area contributed by atoms with Gasteiger partial charge >= 0.3 is 5.97 Å². The minimum Gasteiger partial charge on any atom is -0.508 e. The number of amides is 1. The van der Waals surface area contributed by atoms with Crippen LogP contribution in [-0.2, 0) is 21.6 Å². The molecule has 2 aromatic rings. The molecule has 1 aliphatic carbocycles. The molecule has 1 atom stereocenters. The van der Waals surface area contributed by atoms with Crippen molar-refractivity contribution in [2.45, 2.75) is 70.0 Å². The Morgan fingerprint density at radius 2 is 1.91 bits per heavy atom. The van der Waals surface area contributed by atoms with Gasteiger partial charge in [-0.2, -0.15) is 0 Å². The van der Waals surface area contributed by atoms with Crippen LogP contribution in [0.25, 0.3) is 0 Å². The number of phenolic OH excluding ortho intramolecular Hbond substituents is 1. The van der Waals surface area contributed by atoms with Crippen LogP contribution in [-0.4, -0.2) is 27.7 Å². The Morgan fingerprint density at radius 1 is 1.18 bits per heavy atom. The van der Waals surface area contributed by atoms with Crippen LogP contribution in [0.3, 0.4) is 0 Å². The van der Waals surface area contributed by atoms with Crippen molar-refractivity contribution in [2.24, 2.45) is 5.92 Å². The minimum absolute atomic E-state index is 0.00584. The number of aliphatic hydroxyl groups is 1. The average Bonchev–Trinajstić information content (AvgIpc) is 3.39. The number of anilines is 1. The maximum Gasteiger partial charge on any atom is 0.338 e. The zero-order valence-corrected chi connectivity index (χ0v) is 19.0. The molecule has 1 fully saturated rings. The quantitative estimate of drug-likeness (QED) is 0.520. The Kier molecular flexibility index (Phi) is 6.18. The predicted octanol–water partition coefficient (Wildman–Crippen LogP) is 4.82. The van der Waals surface area contributed by atoms with Crippen LogP contribution in [0, 0.1) is 11.7 Å². The van der Waals surface area contributed by atoms with E-state index in [0.717, 1.165) is 25.7 Å². The Morgan fingerprint density at radius 3 is 2.64 bits per heavy atom. The summed E-state index contributed by atoms with van der Waals surface area (Å²) in [7, 11) is 0. The fourth-order valence-electron chi connectivity index (χ4n) is 5.27. The zero-order valence-electron chi connectivity index (χ0n) is 19.0. The number of fused-ring (bicyclic) bond motifs is 1. The summed E-state index contributed by atoms with van der Waals surface area (Å²) in [6.07, 6.45) is 4.31. The molecule has 7 heteroatoms. The van der Waals surface area contributed by atoms with Crippen LogP contribution in [0.2, 0.25) is 0 Å². The molecule has 176 valence electrons. The van der Waals surface area contributed by atoms with E-state index in [2.05, 4.69) is 5.32 Å². The van der Waals surface area contributed by atoms with Gasteiger partial charge in [-0.1, -0.05) is 39.5 Å². The van der Waals surface area contributed by atoms with Crippen molar-refractivity contribution in [3.63, 3.8) is 0 Å². The lowest BCUT2D eigenvalue weighted by Gasteiger charge is -2.37. The number of hydrogen-bond acceptors (Lipinski definition) is 5. The molecule has 1 heterocycles. The number of ether oxygens (including phenoxy) is 1. The molecule has 1 unspecified atom stereocenters. The predicted molar refractivity (Wildman–Crippen MR) is 121 cm³/mol. The minimum atomic E-state index is -1.73. The highest BCUT2D eigenvalue weighted by molar-refractivity contribution is 5.99. The van der Waals surface area contributed by atoms with E-state index in [9.17, 15) is 24.2 Å². The van der Waals surface area contributed by atoms with Gasteiger partial charge in [0.25, 0.3) is 5.91 Å². The Bertz CT molecular complexity index is 1080. The second-order valence-corrected chi connectivity index (χ2v) is 10.0. The lowest BCUT2D eigenvalue weighted by atomic mass is 9.71. The van der Waals surface area contributed by atoms with Gasteiger partial charge < -0.3 is 20.3 Å². The molecule has 1 aliphatic heterocycles. The molecule has 1 saturated carbocycles. The summed E-state index contributed by atoms with van der Waals surface area (Å²) in [5, 5.41) is 24.9. The number of carbonyl (C=O) groups excluding carboxylic acids is 2. The summed E-state index contributed by atoms with van der Waals surface area (Å²) in [6, 6.07) is 8.61. The first kappa shape index (κ1) is 23.2. The van der Waals surface area contributed by atoms with Gasteiger partial charge in [-0.3, -0.25) is 4.79 Å². The molecule has 6 nitrogen and oxygen atoms in total. The van der Waals surface area contributed by atoms with E-state index >= 15 is 0 Å². The highest BCUT2D eigenvalue weighted by atomic mass is 19.1. The van der Waals surface area contributed by atoms with Crippen molar-refractivity contribution in [1.82, 2.24) is 0 Å². The number of benzene rings is 2. The van der Waals surface area contributed by atoms with Crippen molar-refractivity contribution in [3.05, 3.63) is 58.9 Å². The van der Waals surface area contributed by atoms with Gasteiger partial charge in [-0.25, -0.2) is 9.18 Å². The molecule has 0 saturated heterocycles. The summed E-state index contributed by atoms with van der Waals surface area (Å²) < 4.78 is 19.0. The number of esters is 1. The summed E-state index contributed by atoms with van der Waals surface area (Å²) in [6.45, 7) is 3.72. The highest BCUT2D eigenvalue weighted by Gasteiger charge is 2.44. The molecule has 3 N–H and O–H groups in total. The van der Waals surface area contributed by atoms with Gasteiger partial charge in [0.2, 0.25) is 0 Å². The largest absolute Gasteiger partial charge is 0.508 e. The molecule has 33 heavy (non-hydrogen) atoms. The lowest BCUT2D eigenvalue weighted by molar-refractivity contribution is -0.138. The molecule has 4 rings (SSSR count). The number of phenols is 1. The lowest BCUT2D eigenvalue weighted by Crippen LogP contribution is -2.48. The van der Waals surface area contributed by atoms with Crippen LogP contribution in [0.4, 0.5) is 10.1 Å². The maximum absolute atomic E-state index is 13.9. The second-order valence-electron chi connectivity index (χ2n) is 10.0. The summed E-state index contributed by atoms with van der Waals surface area (Å²) in [4.78, 5) is 25.1. The number of rotatable bonds is 7. The number of hydrogen-bond donors (Lipinski definition) is 3. The van der Waals surface area contributed by atoms with E-state index < -0.39 is 28.7 Å². The van der Waals surface area contributed by atoms with E-state index in [0.29, 0.717) is 22.4 Å². The van der Waals surface area contributed by atoms with Gasteiger partial charge in [0.15, 0.2) is 0 Å². The first-order valence-electron chi connectivity index (χ1n) is 11.4. The third kappa shape index (κ3) is 4.88. The van der Waals surface area contributed by atoms with E-state index in [1.54, 1.807) is 32.0 Å². The summed E-state index contributed by atoms with van der Waals surface area (Å²) in [5.74, 6) is -1.30. The molecule has 0 aromatic heterocycles. The van der Waals surface area contributed by atoms with Crippen molar-refractivity contribution in [1.29, 1.82) is 0 Å². The molecular weight excluding hydrogens is 425 g/mol. The van der Waals surface area contributed by atoms with Gasteiger partial charge in [0, 0.05) is 16.8 Å². The van der Waals surface area contributed by atoms with E-state index in [1.165, 1.54) is 18.2 Å². The fourth-order valence-corrected chi connectivity index (χ4v) is 5.27. The number of halogens is 1. The standard InChI is InChI=1S/C26H30FNO5/c1-25(2,21-12-18(27)7-10-22(21)29)15-26(32,13-16-5-3-4-6-16)24(31)28-19-8-9-20-17(11-19)14-33-23(20)30/h7-12,16,29,32H,3-6,13-15H2,1-2H3,(H,28,31). The van der Waals surface area contributed by atoms with Crippen LogP contribution < -0.4 is 5.32 Å². The van der Waals surface area contributed by atoms with E-state index in [4.69, 9.17) is 4.74 Å². The maximum atomic E-state index is 13.9. The fraction of sp³-hybridized carbons (Fsp3) is 0.462. The summed E-state index contributed by atoms with van der Waals surface area (Å²) in [5.41, 5.74) is -0.654. The van der Waals surface area contributed by atoms with Crippen molar-refractivity contribution < 1.29 is 28.9 Å². The number of carbonyl (C=O) groups is 2. The van der Waals surface area contributed by atoms with E-state index in [1.807, 2.05) is 0 Å². The topological polar surface area (TPSA) is 95.9 Å². The van der Waals surface area contributed by atoms with Gasteiger partial charge in [-0.05, 0) is 60.6 Å². The molecule has 1 amide bonds. The Labute approximate surface area is 192 Å². The molecule has 2 aliphatic rings. The number of nitrogens with one attached hydrogen (secondary N) is 1. The van der Waals surface area contributed by atoms with Crippen LogP contribution in [0.5, 0.6) is 5.75 Å². The molecular formula is C26H30FNO5. The molecule has 0 spiro atoms. The molecule has 2 aromatic carbocycles. The van der Waals surface area contributed by atoms with Gasteiger partial charge in [-0.15, -0.1) is 0 Å². The highest BCUT2D eigenvalue weighted by Crippen LogP contribution is 2.42. The normalized spacial score (nSPS) is 18.0. The van der Waals surface area contributed by atoms with Crippen LogP contribution in [0.15, 0.2) is 36.4 Å². The first-order chi connectivity index (χ1) is 15.6. The number of cyclic esters (lactones) is 1. The Hall–Kier alpha value is -2.93. The van der Waals surface area contributed by atoms with Crippen LogP contribution >= 0.6 is 0 Å². The summed E-state index contributed by atoms with van der Waals surface area (Å²) >= 11 is 0. The van der Waals surface area contributed by atoms with Crippen LogP contribution in [0.1, 0.15) is 73.9 Å². The van der Waals surface area contributed by atoms with Gasteiger partial charge in [0.1, 0.15) is 23.8 Å². The number of aromatic hydroxyl groups is 1. The van der Waals surface area contributed by atoms with E-state index in [-0.39, 0.29) is 31.1 Å². The first-order valence-corrected chi connectivity index (χ1v) is 11.4. The SMILES string of the molecule is CC(C)(CC(O)(CC1CCCC1)C(=O)Nc1ccc2c(c1)COC2=O)c1cc(F)ccc1O. The van der Waals surface area contributed by atoms with Crippen molar-refractivity contribution >= 4 is 17.6 Å². The molecule has 0 bridgehead atoms. The average molecular weight is 456 g/mol. The third-order valence-electron chi connectivity index (χ3n) is 6.89. The van der Waals surface area contributed by atoms with Crippen molar-refractivity contribution in [2.75, 3.05) is 5.32 Å². The van der Waals surface area contributed by atoms with Crippen molar-refractivity contribution in [3.8, 4) is 5.75 Å². The zero-order chi connectivity index (χ0) is 23.8.